The Bertz CT molecular complexity index is 580. The van der Waals surface area contributed by atoms with Crippen LogP contribution < -0.4 is 0 Å². The largest absolute Gasteiger partial charge is 0.0654 e. The lowest BCUT2D eigenvalue weighted by Crippen LogP contribution is -1.99. The van der Waals surface area contributed by atoms with Crippen LogP contribution in [0.25, 0.3) is 11.1 Å². The average molecular weight is 249 g/mol. The summed E-state index contributed by atoms with van der Waals surface area (Å²) in [6.45, 7) is 6.63. The Hall–Kier alpha value is -1.56. The van der Waals surface area contributed by atoms with E-state index >= 15 is 0 Å². The quantitative estimate of drug-likeness (QED) is 0.583. The van der Waals surface area contributed by atoms with E-state index in [-0.39, 0.29) is 0 Å². The molecular weight excluding hydrogens is 228 g/mol. The normalized spacial score (nSPS) is 14.0. The summed E-state index contributed by atoms with van der Waals surface area (Å²) in [5.41, 5.74) is 7.29. The number of rotatable bonds is 4. The molecule has 19 heavy (non-hydrogen) atoms. The third kappa shape index (κ3) is 2.20. The van der Waals surface area contributed by atoms with Crippen LogP contribution in [0.5, 0.6) is 0 Å². The van der Waals surface area contributed by atoms with Crippen molar-refractivity contribution in [3.8, 4) is 11.1 Å². The first kappa shape index (κ1) is 12.5. The van der Waals surface area contributed by atoms with E-state index in [2.05, 4.69) is 56.3 Å². The Morgan fingerprint density at radius 2 is 1.84 bits per heavy atom. The van der Waals surface area contributed by atoms with Gasteiger partial charge in [0.25, 0.3) is 0 Å². The van der Waals surface area contributed by atoms with Crippen molar-refractivity contribution in [2.45, 2.75) is 38.5 Å². The zero-order valence-corrected chi connectivity index (χ0v) is 11.7. The minimum atomic E-state index is 0.434. The van der Waals surface area contributed by atoms with Crippen molar-refractivity contribution in [2.75, 3.05) is 0 Å². The molecule has 2 aromatic carbocycles. The maximum Gasteiger partial charge on any atom is -0.00106 e. The van der Waals surface area contributed by atoms with Crippen LogP contribution in [0.4, 0.5) is 0 Å². The van der Waals surface area contributed by atoms with E-state index in [9.17, 15) is 0 Å². The summed E-state index contributed by atoms with van der Waals surface area (Å²) in [5.74, 6) is 0.434. The predicted octanol–water partition coefficient (Wildman–Crippen LogP) is 5.37. The molecule has 2 aromatic rings. The molecule has 1 aliphatic carbocycles. The van der Waals surface area contributed by atoms with E-state index < -0.39 is 0 Å². The minimum Gasteiger partial charge on any atom is -0.0654 e. The Kier molecular flexibility index (Phi) is 3.42. The summed E-state index contributed by atoms with van der Waals surface area (Å²) in [5, 5.41) is 0. The van der Waals surface area contributed by atoms with Gasteiger partial charge in [0.15, 0.2) is 0 Å². The van der Waals surface area contributed by atoms with Gasteiger partial charge >= 0.3 is 0 Å². The molecule has 1 atom stereocenters. The fourth-order valence-corrected chi connectivity index (χ4v) is 3.17. The molecule has 3 rings (SSSR count). The Morgan fingerprint density at radius 3 is 2.68 bits per heavy atom. The summed E-state index contributed by atoms with van der Waals surface area (Å²) in [6, 6.07) is 15.5. The molecule has 0 saturated carbocycles. The molecule has 1 aliphatic rings. The van der Waals surface area contributed by atoms with Crippen molar-refractivity contribution in [3.63, 3.8) is 0 Å². The molecule has 0 amide bonds. The third-order valence-electron chi connectivity index (χ3n) is 4.23. The van der Waals surface area contributed by atoms with Gasteiger partial charge in [0.2, 0.25) is 0 Å². The second kappa shape index (κ2) is 5.21. The molecule has 0 nitrogen and oxygen atoms in total. The Labute approximate surface area is 116 Å². The Morgan fingerprint density at radius 1 is 1.05 bits per heavy atom. The van der Waals surface area contributed by atoms with Gasteiger partial charge < -0.3 is 0 Å². The van der Waals surface area contributed by atoms with Gasteiger partial charge in [-0.25, -0.2) is 0 Å². The second-order valence-electron chi connectivity index (χ2n) is 5.55. The van der Waals surface area contributed by atoms with Crippen LogP contribution in [0.3, 0.4) is 0 Å². The predicted molar refractivity (Wildman–Crippen MR) is 82.3 cm³/mol. The summed E-state index contributed by atoms with van der Waals surface area (Å²) in [4.78, 5) is 0. The maximum atomic E-state index is 4.39. The molecule has 0 aliphatic heterocycles. The van der Waals surface area contributed by atoms with E-state index in [4.69, 9.17) is 0 Å². The van der Waals surface area contributed by atoms with Crippen LogP contribution in [-0.2, 0) is 6.42 Å². The van der Waals surface area contributed by atoms with Crippen molar-refractivity contribution in [1.29, 1.82) is 0 Å². The first-order chi connectivity index (χ1) is 9.31. The highest BCUT2D eigenvalue weighted by Gasteiger charge is 2.22. The van der Waals surface area contributed by atoms with Crippen molar-refractivity contribution >= 4 is 0 Å². The number of hydrogen-bond donors (Lipinski definition) is 0. The lowest BCUT2D eigenvalue weighted by atomic mass is 9.89. The monoisotopic (exact) mass is 249 g/mol. The first-order valence-corrected chi connectivity index (χ1v) is 7.34. The average Bonchev–Trinajstić information content (AvgIpc) is 2.83. The van der Waals surface area contributed by atoms with Gasteiger partial charge in [-0.15, -0.1) is 0 Å². The zero-order chi connectivity index (χ0) is 13.2. The molecular formula is C19H21. The number of benzene rings is 2. The van der Waals surface area contributed by atoms with Crippen LogP contribution in [-0.4, -0.2) is 0 Å². The zero-order valence-electron chi connectivity index (χ0n) is 11.7. The van der Waals surface area contributed by atoms with Crippen LogP contribution in [0.1, 0.15) is 48.8 Å². The van der Waals surface area contributed by atoms with E-state index in [1.54, 1.807) is 0 Å². The van der Waals surface area contributed by atoms with Crippen LogP contribution >= 0.6 is 0 Å². The van der Waals surface area contributed by atoms with Crippen LogP contribution in [0.2, 0.25) is 0 Å². The van der Waals surface area contributed by atoms with Gasteiger partial charge in [0, 0.05) is 0 Å². The van der Waals surface area contributed by atoms with E-state index in [0.29, 0.717) is 5.92 Å². The number of unbranched alkanes of at least 4 members (excludes halogenated alkanes) is 1. The number of fused-ring (bicyclic) bond motifs is 3. The van der Waals surface area contributed by atoms with Crippen molar-refractivity contribution < 1.29 is 0 Å². The van der Waals surface area contributed by atoms with Crippen LogP contribution in [0.15, 0.2) is 42.5 Å². The summed E-state index contributed by atoms with van der Waals surface area (Å²) in [7, 11) is 0. The SMILES string of the molecule is [CH2]C(CCCC)c1cccc2c1Cc1ccccc1-2. The molecule has 1 radical (unpaired) electrons. The standard InChI is InChI=1S/C19H21/c1-3-4-8-14(2)16-11-7-12-18-17-10-6-5-9-15(17)13-19(16)18/h5-7,9-12,14H,2-4,8,13H2,1H3. The van der Waals surface area contributed by atoms with E-state index in [1.165, 1.54) is 47.1 Å². The molecule has 0 spiro atoms. The van der Waals surface area contributed by atoms with Gasteiger partial charge in [0.05, 0.1) is 0 Å². The molecule has 0 saturated heterocycles. The fraction of sp³-hybridized carbons (Fsp3) is 0.316. The summed E-state index contributed by atoms with van der Waals surface area (Å²) in [6.07, 6.45) is 4.80. The second-order valence-corrected chi connectivity index (χ2v) is 5.55. The molecule has 0 heteroatoms. The first-order valence-electron chi connectivity index (χ1n) is 7.34. The molecule has 0 fully saturated rings. The molecule has 0 bridgehead atoms. The van der Waals surface area contributed by atoms with Crippen molar-refractivity contribution in [3.05, 3.63) is 66.1 Å². The molecule has 0 heterocycles. The van der Waals surface area contributed by atoms with Crippen molar-refractivity contribution in [2.24, 2.45) is 0 Å². The van der Waals surface area contributed by atoms with E-state index in [1.807, 2.05) is 0 Å². The van der Waals surface area contributed by atoms with Gasteiger partial charge in [-0.05, 0) is 53.5 Å². The Balaban J connectivity index is 1.99. The smallest absolute Gasteiger partial charge is 0.00106 e. The summed E-state index contributed by atoms with van der Waals surface area (Å²) >= 11 is 0. The summed E-state index contributed by atoms with van der Waals surface area (Å²) < 4.78 is 0. The van der Waals surface area contributed by atoms with Gasteiger partial charge in [-0.1, -0.05) is 62.2 Å². The lowest BCUT2D eigenvalue weighted by Gasteiger charge is -2.15. The highest BCUT2D eigenvalue weighted by molar-refractivity contribution is 5.78. The van der Waals surface area contributed by atoms with Gasteiger partial charge in [-0.3, -0.25) is 0 Å². The highest BCUT2D eigenvalue weighted by atomic mass is 14.3. The topological polar surface area (TPSA) is 0 Å². The lowest BCUT2D eigenvalue weighted by molar-refractivity contribution is 0.658. The minimum absolute atomic E-state index is 0.434. The third-order valence-corrected chi connectivity index (χ3v) is 4.23. The van der Waals surface area contributed by atoms with E-state index in [0.717, 1.165) is 6.42 Å². The molecule has 97 valence electrons. The van der Waals surface area contributed by atoms with Gasteiger partial charge in [-0.2, -0.15) is 0 Å². The molecule has 0 aromatic heterocycles. The molecule has 1 unspecified atom stereocenters. The van der Waals surface area contributed by atoms with Gasteiger partial charge in [0.1, 0.15) is 0 Å². The highest BCUT2D eigenvalue weighted by Crippen LogP contribution is 2.40. The number of hydrogen-bond acceptors (Lipinski definition) is 0. The molecule has 0 N–H and O–H groups in total. The maximum absolute atomic E-state index is 4.39. The van der Waals surface area contributed by atoms with Crippen LogP contribution in [0, 0.1) is 6.92 Å². The fourth-order valence-electron chi connectivity index (χ4n) is 3.17. The van der Waals surface area contributed by atoms with Crippen molar-refractivity contribution in [1.82, 2.24) is 0 Å².